The van der Waals surface area contributed by atoms with Crippen molar-refractivity contribution in [3.63, 3.8) is 0 Å². The van der Waals surface area contributed by atoms with E-state index in [9.17, 15) is 4.79 Å². The zero-order chi connectivity index (χ0) is 18.7. The minimum absolute atomic E-state index is 0.0768. The highest BCUT2D eigenvalue weighted by molar-refractivity contribution is 8.26. The van der Waals surface area contributed by atoms with Crippen molar-refractivity contribution in [2.45, 2.75) is 20.5 Å². The number of benzene rings is 2. The molecule has 0 unspecified atom stereocenters. The number of thiocarbonyl (C=S) groups is 1. The molecule has 1 fully saturated rings. The predicted molar refractivity (Wildman–Crippen MR) is 113 cm³/mol. The number of rotatable bonds is 5. The molecular weight excluding hydrogens is 386 g/mol. The van der Waals surface area contributed by atoms with Crippen LogP contribution in [-0.4, -0.2) is 21.7 Å². The van der Waals surface area contributed by atoms with Crippen LogP contribution in [0.15, 0.2) is 47.4 Å². The summed E-state index contributed by atoms with van der Waals surface area (Å²) in [5.74, 6) is 0.602. The molecule has 0 aliphatic carbocycles. The molecule has 0 atom stereocenters. The number of likely N-dealkylation sites (N-methyl/N-ethyl adjacent to an activating group) is 1. The van der Waals surface area contributed by atoms with Gasteiger partial charge < -0.3 is 4.74 Å². The molecule has 2 aromatic rings. The Balaban J connectivity index is 1.86. The summed E-state index contributed by atoms with van der Waals surface area (Å²) >= 11 is 12.7. The van der Waals surface area contributed by atoms with Crippen LogP contribution in [0.2, 0.25) is 5.02 Å². The maximum Gasteiger partial charge on any atom is 0.266 e. The molecule has 0 spiro atoms. The van der Waals surface area contributed by atoms with E-state index in [2.05, 4.69) is 6.07 Å². The van der Waals surface area contributed by atoms with Crippen molar-refractivity contribution in [3.8, 4) is 5.75 Å². The van der Waals surface area contributed by atoms with Crippen LogP contribution in [0.4, 0.5) is 0 Å². The lowest BCUT2D eigenvalue weighted by atomic mass is 10.1. The predicted octanol–water partition coefficient (Wildman–Crippen LogP) is 5.45. The van der Waals surface area contributed by atoms with Gasteiger partial charge in [-0.1, -0.05) is 65.4 Å². The molecule has 1 aliphatic rings. The molecule has 0 bridgehead atoms. The number of amides is 1. The summed E-state index contributed by atoms with van der Waals surface area (Å²) in [6.45, 7) is 4.96. The maximum absolute atomic E-state index is 12.4. The van der Waals surface area contributed by atoms with Crippen LogP contribution in [0.3, 0.4) is 0 Å². The zero-order valence-corrected chi connectivity index (χ0v) is 16.9. The topological polar surface area (TPSA) is 29.5 Å². The molecule has 0 saturated carbocycles. The highest BCUT2D eigenvalue weighted by Crippen LogP contribution is 2.35. The fourth-order valence-corrected chi connectivity index (χ4v) is 4.20. The number of aryl methyl sites for hydroxylation is 1. The molecule has 0 N–H and O–H groups in total. The number of ether oxygens (including phenoxy) is 1. The van der Waals surface area contributed by atoms with E-state index in [0.29, 0.717) is 33.1 Å². The molecular formula is C20H18ClNO2S2. The maximum atomic E-state index is 12.4. The summed E-state index contributed by atoms with van der Waals surface area (Å²) in [5, 5.41) is 0.588. The summed E-state index contributed by atoms with van der Waals surface area (Å²) in [4.78, 5) is 14.6. The molecule has 1 amide bonds. The van der Waals surface area contributed by atoms with Crippen LogP contribution >= 0.6 is 35.6 Å². The standard InChI is InChI=1S/C20H18ClNO2S2/c1-3-22-19(23)18(26-20(22)25)11-15-10-16(21)7-8-17(15)24-12-14-6-4-5-13(2)9-14/h4-11H,3,12H2,1-2H3/b18-11+. The molecule has 26 heavy (non-hydrogen) atoms. The van der Waals surface area contributed by atoms with Gasteiger partial charge in [-0.05, 0) is 43.7 Å². The van der Waals surface area contributed by atoms with Crippen molar-refractivity contribution in [2.24, 2.45) is 0 Å². The molecule has 3 rings (SSSR count). The van der Waals surface area contributed by atoms with Crippen molar-refractivity contribution in [2.75, 3.05) is 6.54 Å². The van der Waals surface area contributed by atoms with Gasteiger partial charge in [-0.3, -0.25) is 9.69 Å². The van der Waals surface area contributed by atoms with E-state index >= 15 is 0 Å². The molecule has 0 radical (unpaired) electrons. The second-order valence-corrected chi connectivity index (χ2v) is 8.00. The average molecular weight is 404 g/mol. The molecule has 2 aromatic carbocycles. The van der Waals surface area contributed by atoms with E-state index in [4.69, 9.17) is 28.6 Å². The second kappa shape index (κ2) is 8.25. The summed E-state index contributed by atoms with van der Waals surface area (Å²) < 4.78 is 6.57. The Morgan fingerprint density at radius 3 is 2.77 bits per heavy atom. The Morgan fingerprint density at radius 2 is 2.08 bits per heavy atom. The lowest BCUT2D eigenvalue weighted by Gasteiger charge is -2.11. The summed E-state index contributed by atoms with van der Waals surface area (Å²) in [5.41, 5.74) is 3.04. The first-order valence-electron chi connectivity index (χ1n) is 8.21. The van der Waals surface area contributed by atoms with Gasteiger partial charge in [-0.2, -0.15) is 0 Å². The van der Waals surface area contributed by atoms with Gasteiger partial charge in [0.1, 0.15) is 16.7 Å². The Hall–Kier alpha value is -1.82. The largest absolute Gasteiger partial charge is 0.488 e. The van der Waals surface area contributed by atoms with E-state index in [1.54, 1.807) is 23.1 Å². The average Bonchev–Trinajstić information content (AvgIpc) is 2.87. The van der Waals surface area contributed by atoms with E-state index < -0.39 is 0 Å². The first-order chi connectivity index (χ1) is 12.5. The molecule has 3 nitrogen and oxygen atoms in total. The first-order valence-corrected chi connectivity index (χ1v) is 9.81. The van der Waals surface area contributed by atoms with E-state index in [-0.39, 0.29) is 5.91 Å². The van der Waals surface area contributed by atoms with Gasteiger partial charge in [0, 0.05) is 17.1 Å². The Morgan fingerprint density at radius 1 is 1.27 bits per heavy atom. The highest BCUT2D eigenvalue weighted by atomic mass is 35.5. The third kappa shape index (κ3) is 4.29. The Bertz CT molecular complexity index is 895. The third-order valence-corrected chi connectivity index (χ3v) is 5.54. The number of hydrogen-bond donors (Lipinski definition) is 0. The van der Waals surface area contributed by atoms with Gasteiger partial charge in [0.15, 0.2) is 0 Å². The van der Waals surface area contributed by atoms with Gasteiger partial charge in [-0.15, -0.1) is 0 Å². The van der Waals surface area contributed by atoms with Gasteiger partial charge in [0.2, 0.25) is 0 Å². The normalized spacial score (nSPS) is 15.8. The van der Waals surface area contributed by atoms with Crippen LogP contribution in [0, 0.1) is 6.92 Å². The minimum atomic E-state index is -0.0768. The van der Waals surface area contributed by atoms with Crippen molar-refractivity contribution in [1.29, 1.82) is 0 Å². The number of carbonyl (C=O) groups is 1. The number of hydrogen-bond acceptors (Lipinski definition) is 4. The lowest BCUT2D eigenvalue weighted by Crippen LogP contribution is -2.27. The second-order valence-electron chi connectivity index (χ2n) is 5.89. The van der Waals surface area contributed by atoms with Gasteiger partial charge in [-0.25, -0.2) is 0 Å². The molecule has 1 aliphatic heterocycles. The third-order valence-electron chi connectivity index (χ3n) is 3.93. The fourth-order valence-electron chi connectivity index (χ4n) is 2.64. The van der Waals surface area contributed by atoms with E-state index in [1.807, 2.05) is 38.1 Å². The highest BCUT2D eigenvalue weighted by Gasteiger charge is 2.30. The van der Waals surface area contributed by atoms with Crippen LogP contribution in [0.25, 0.3) is 6.08 Å². The zero-order valence-electron chi connectivity index (χ0n) is 14.5. The van der Waals surface area contributed by atoms with Crippen molar-refractivity contribution >= 4 is 51.9 Å². The number of nitrogens with zero attached hydrogens (tertiary/aromatic N) is 1. The van der Waals surface area contributed by atoms with Crippen molar-refractivity contribution < 1.29 is 9.53 Å². The van der Waals surface area contributed by atoms with Gasteiger partial charge >= 0.3 is 0 Å². The molecule has 1 heterocycles. The van der Waals surface area contributed by atoms with Gasteiger partial charge in [0.05, 0.1) is 4.91 Å². The quantitative estimate of drug-likeness (QED) is 0.490. The lowest BCUT2D eigenvalue weighted by molar-refractivity contribution is -0.121. The number of carbonyl (C=O) groups excluding carboxylic acids is 1. The van der Waals surface area contributed by atoms with E-state index in [1.165, 1.54) is 17.3 Å². The summed E-state index contributed by atoms with van der Waals surface area (Å²) in [7, 11) is 0. The minimum Gasteiger partial charge on any atom is -0.488 e. The molecule has 1 saturated heterocycles. The summed E-state index contributed by atoms with van der Waals surface area (Å²) in [6.07, 6.45) is 1.80. The van der Waals surface area contributed by atoms with Crippen molar-refractivity contribution in [3.05, 3.63) is 69.1 Å². The monoisotopic (exact) mass is 403 g/mol. The SMILES string of the molecule is CCN1C(=O)/C(=C\c2cc(Cl)ccc2OCc2cccc(C)c2)SC1=S. The van der Waals surface area contributed by atoms with Crippen LogP contribution in [0.1, 0.15) is 23.6 Å². The molecule has 134 valence electrons. The van der Waals surface area contributed by atoms with Crippen molar-refractivity contribution in [1.82, 2.24) is 4.90 Å². The molecule has 6 heteroatoms. The summed E-state index contributed by atoms with van der Waals surface area (Å²) in [6, 6.07) is 13.6. The fraction of sp³-hybridized carbons (Fsp3) is 0.200. The Kier molecular flexibility index (Phi) is 6.01. The van der Waals surface area contributed by atoms with Crippen LogP contribution < -0.4 is 4.74 Å². The number of halogens is 1. The van der Waals surface area contributed by atoms with E-state index in [0.717, 1.165) is 11.1 Å². The Labute approximate surface area is 168 Å². The molecule has 0 aromatic heterocycles. The number of thioether (sulfide) groups is 1. The van der Waals surface area contributed by atoms with Gasteiger partial charge in [0.25, 0.3) is 5.91 Å². The smallest absolute Gasteiger partial charge is 0.266 e. The van der Waals surface area contributed by atoms with Crippen LogP contribution in [0.5, 0.6) is 5.75 Å². The van der Waals surface area contributed by atoms with Crippen LogP contribution in [-0.2, 0) is 11.4 Å². The first kappa shape index (κ1) is 19.0.